The van der Waals surface area contributed by atoms with Crippen LogP contribution in [-0.4, -0.2) is 40.0 Å². The molecule has 1 aromatic heterocycles. The zero-order chi connectivity index (χ0) is 20.0. The fourth-order valence-electron chi connectivity index (χ4n) is 2.26. The van der Waals surface area contributed by atoms with Gasteiger partial charge in [0.15, 0.2) is 5.82 Å². The summed E-state index contributed by atoms with van der Waals surface area (Å²) in [4.78, 5) is 27.1. The number of carboxylic acids is 1. The zero-order valence-electron chi connectivity index (χ0n) is 15.7. The summed E-state index contributed by atoms with van der Waals surface area (Å²) in [6, 6.07) is 6.64. The van der Waals surface area contributed by atoms with Gasteiger partial charge >= 0.3 is 12.1 Å². The highest BCUT2D eigenvalue weighted by atomic mass is 16.6. The van der Waals surface area contributed by atoms with Gasteiger partial charge < -0.3 is 24.4 Å². The SMILES string of the molecule is COc1ccc(C[C@H](NC(=O)OC(C)(C)C)c2noc(CC(=O)O)n2)cc1. The molecule has 27 heavy (non-hydrogen) atoms. The third-order valence-electron chi connectivity index (χ3n) is 3.39. The van der Waals surface area contributed by atoms with Crippen LogP contribution < -0.4 is 10.1 Å². The van der Waals surface area contributed by atoms with Crippen LogP contribution in [0.4, 0.5) is 4.79 Å². The summed E-state index contributed by atoms with van der Waals surface area (Å²) in [5, 5.41) is 15.4. The van der Waals surface area contributed by atoms with E-state index in [1.54, 1.807) is 40.0 Å². The molecule has 9 nitrogen and oxygen atoms in total. The highest BCUT2D eigenvalue weighted by molar-refractivity contribution is 5.69. The summed E-state index contributed by atoms with van der Waals surface area (Å²) >= 11 is 0. The smallest absolute Gasteiger partial charge is 0.408 e. The summed E-state index contributed by atoms with van der Waals surface area (Å²) < 4.78 is 15.4. The molecule has 2 rings (SSSR count). The van der Waals surface area contributed by atoms with Gasteiger partial charge in [-0.05, 0) is 38.5 Å². The van der Waals surface area contributed by atoms with Gasteiger partial charge in [-0.3, -0.25) is 4.79 Å². The molecule has 0 saturated heterocycles. The Labute approximate surface area is 156 Å². The maximum Gasteiger partial charge on any atom is 0.408 e. The van der Waals surface area contributed by atoms with Gasteiger partial charge in [0.1, 0.15) is 17.8 Å². The minimum absolute atomic E-state index is 0.0387. The quantitative estimate of drug-likeness (QED) is 0.754. The Morgan fingerprint density at radius 3 is 2.48 bits per heavy atom. The number of aliphatic carboxylic acids is 1. The first-order chi connectivity index (χ1) is 12.7. The van der Waals surface area contributed by atoms with Crippen LogP contribution in [0, 0.1) is 0 Å². The molecule has 0 aliphatic carbocycles. The number of carboxylic acid groups (broad SMARTS) is 1. The fourth-order valence-corrected chi connectivity index (χ4v) is 2.26. The first kappa shape index (κ1) is 20.2. The molecule has 146 valence electrons. The second-order valence-electron chi connectivity index (χ2n) is 6.87. The van der Waals surface area contributed by atoms with E-state index in [4.69, 9.17) is 19.1 Å². The zero-order valence-corrected chi connectivity index (χ0v) is 15.7. The summed E-state index contributed by atoms with van der Waals surface area (Å²) in [6.07, 6.45) is -0.671. The van der Waals surface area contributed by atoms with Gasteiger partial charge in [-0.2, -0.15) is 4.98 Å². The first-order valence-corrected chi connectivity index (χ1v) is 8.33. The lowest BCUT2D eigenvalue weighted by Gasteiger charge is -2.22. The van der Waals surface area contributed by atoms with Gasteiger partial charge in [0.05, 0.1) is 13.2 Å². The van der Waals surface area contributed by atoms with E-state index in [2.05, 4.69) is 15.5 Å². The number of aromatic nitrogens is 2. The predicted molar refractivity (Wildman–Crippen MR) is 94.4 cm³/mol. The lowest BCUT2D eigenvalue weighted by molar-refractivity contribution is -0.136. The molecule has 0 fully saturated rings. The van der Waals surface area contributed by atoms with Crippen LogP contribution in [0.15, 0.2) is 28.8 Å². The molecule has 1 atom stereocenters. The monoisotopic (exact) mass is 377 g/mol. The van der Waals surface area contributed by atoms with Crippen molar-refractivity contribution in [2.75, 3.05) is 7.11 Å². The van der Waals surface area contributed by atoms with Gasteiger partial charge in [-0.25, -0.2) is 4.79 Å². The molecule has 0 unspecified atom stereocenters. The Kier molecular flexibility index (Phi) is 6.38. The largest absolute Gasteiger partial charge is 0.497 e. The minimum atomic E-state index is -1.09. The number of carbonyl (C=O) groups excluding carboxylic acids is 1. The average Bonchev–Trinajstić information content (AvgIpc) is 3.01. The molecule has 2 N–H and O–H groups in total. The van der Waals surface area contributed by atoms with Gasteiger partial charge in [0.25, 0.3) is 0 Å². The number of carbonyl (C=O) groups is 2. The van der Waals surface area contributed by atoms with Crippen molar-refractivity contribution in [1.29, 1.82) is 0 Å². The molecule has 0 saturated carbocycles. The van der Waals surface area contributed by atoms with Crippen LogP contribution in [0.2, 0.25) is 0 Å². The summed E-state index contributed by atoms with van der Waals surface area (Å²) in [5.41, 5.74) is 0.224. The second-order valence-corrected chi connectivity index (χ2v) is 6.87. The van der Waals surface area contributed by atoms with Gasteiger partial charge in [0, 0.05) is 6.42 Å². The van der Waals surface area contributed by atoms with Crippen LogP contribution in [0.5, 0.6) is 5.75 Å². The maximum absolute atomic E-state index is 12.2. The molecular formula is C18H23N3O6. The van der Waals surface area contributed by atoms with Crippen molar-refractivity contribution < 1.29 is 28.7 Å². The standard InChI is InChI=1S/C18H23N3O6/c1-18(2,3)26-17(24)19-13(9-11-5-7-12(25-4)8-6-11)16-20-14(27-21-16)10-15(22)23/h5-8,13H,9-10H2,1-4H3,(H,19,24)(H,22,23)/t13-/m0/s1. The second kappa shape index (κ2) is 8.52. The van der Waals surface area contributed by atoms with E-state index >= 15 is 0 Å². The number of nitrogens with one attached hydrogen (secondary N) is 1. The lowest BCUT2D eigenvalue weighted by atomic mass is 10.1. The molecule has 1 amide bonds. The molecule has 1 aromatic carbocycles. The molecule has 2 aromatic rings. The third-order valence-corrected chi connectivity index (χ3v) is 3.39. The topological polar surface area (TPSA) is 124 Å². The number of ether oxygens (including phenoxy) is 2. The van der Waals surface area contributed by atoms with E-state index in [-0.39, 0.29) is 11.7 Å². The number of benzene rings is 1. The molecule has 0 aliphatic rings. The van der Waals surface area contributed by atoms with Crippen LogP contribution in [0.1, 0.15) is 44.1 Å². The number of hydrogen-bond acceptors (Lipinski definition) is 7. The van der Waals surface area contributed by atoms with E-state index in [0.717, 1.165) is 5.56 Å². The normalized spacial score (nSPS) is 12.3. The Morgan fingerprint density at radius 1 is 1.26 bits per heavy atom. The number of nitrogens with zero attached hydrogens (tertiary/aromatic N) is 2. The van der Waals surface area contributed by atoms with Gasteiger partial charge in [-0.15, -0.1) is 0 Å². The van der Waals surface area contributed by atoms with Crippen molar-refractivity contribution in [3.63, 3.8) is 0 Å². The molecule has 0 spiro atoms. The van der Waals surface area contributed by atoms with Crippen LogP contribution in [-0.2, 0) is 22.4 Å². The van der Waals surface area contributed by atoms with Crippen molar-refractivity contribution in [3.05, 3.63) is 41.5 Å². The lowest BCUT2D eigenvalue weighted by Crippen LogP contribution is -2.36. The number of hydrogen-bond donors (Lipinski definition) is 2. The van der Waals surface area contributed by atoms with Gasteiger partial charge in [0.2, 0.25) is 5.89 Å². The number of rotatable bonds is 7. The van der Waals surface area contributed by atoms with E-state index in [1.807, 2.05) is 12.1 Å². The van der Waals surface area contributed by atoms with Crippen LogP contribution in [0.25, 0.3) is 0 Å². The average molecular weight is 377 g/mol. The van der Waals surface area contributed by atoms with Crippen LogP contribution >= 0.6 is 0 Å². The van der Waals surface area contributed by atoms with E-state index in [1.165, 1.54) is 0 Å². The Morgan fingerprint density at radius 2 is 1.93 bits per heavy atom. The van der Waals surface area contributed by atoms with Crippen molar-refractivity contribution >= 4 is 12.1 Å². The number of amides is 1. The Hall–Kier alpha value is -3.10. The summed E-state index contributed by atoms with van der Waals surface area (Å²) in [5.74, 6) is -0.244. The van der Waals surface area contributed by atoms with Gasteiger partial charge in [-0.1, -0.05) is 17.3 Å². The third kappa shape index (κ3) is 6.61. The molecule has 1 heterocycles. The van der Waals surface area contributed by atoms with Crippen molar-refractivity contribution in [1.82, 2.24) is 15.5 Å². The Bertz CT molecular complexity index is 779. The van der Waals surface area contributed by atoms with E-state index < -0.39 is 30.1 Å². The van der Waals surface area contributed by atoms with E-state index in [9.17, 15) is 9.59 Å². The highest BCUT2D eigenvalue weighted by Gasteiger charge is 2.25. The highest BCUT2D eigenvalue weighted by Crippen LogP contribution is 2.20. The van der Waals surface area contributed by atoms with E-state index in [0.29, 0.717) is 12.2 Å². The van der Waals surface area contributed by atoms with Crippen molar-refractivity contribution in [2.24, 2.45) is 0 Å². The number of alkyl carbamates (subject to hydrolysis) is 1. The maximum atomic E-state index is 12.2. The van der Waals surface area contributed by atoms with Crippen LogP contribution in [0.3, 0.4) is 0 Å². The number of methoxy groups -OCH3 is 1. The molecule has 0 bridgehead atoms. The first-order valence-electron chi connectivity index (χ1n) is 8.33. The fraction of sp³-hybridized carbons (Fsp3) is 0.444. The summed E-state index contributed by atoms with van der Waals surface area (Å²) in [6.45, 7) is 5.26. The Balaban J connectivity index is 2.20. The molecule has 0 aliphatic heterocycles. The van der Waals surface area contributed by atoms with Crippen molar-refractivity contribution in [3.8, 4) is 5.75 Å². The predicted octanol–water partition coefficient (Wildman–Crippen LogP) is 2.51. The van der Waals surface area contributed by atoms with Crippen molar-refractivity contribution in [2.45, 2.75) is 45.3 Å². The minimum Gasteiger partial charge on any atom is -0.497 e. The molecule has 9 heteroatoms. The summed E-state index contributed by atoms with van der Waals surface area (Å²) in [7, 11) is 1.57. The molecular weight excluding hydrogens is 354 g/mol. The molecule has 0 radical (unpaired) electrons.